The van der Waals surface area contributed by atoms with Crippen LogP contribution in [-0.4, -0.2) is 37.4 Å². The molecule has 15 heteroatoms. The van der Waals surface area contributed by atoms with Gasteiger partial charge in [-0.05, 0) is 36.4 Å². The molecule has 2 aromatic carbocycles. The molecule has 38 heavy (non-hydrogen) atoms. The maximum absolute atomic E-state index is 15.1. The number of alkyl halides is 6. The average Bonchev–Trinajstić information content (AvgIpc) is 2.82. The van der Waals surface area contributed by atoms with Gasteiger partial charge in [-0.3, -0.25) is 4.79 Å². The zero-order valence-corrected chi connectivity index (χ0v) is 18.7. The number of carbonyl (C=O) groups is 2. The molecule has 1 heterocycles. The van der Waals surface area contributed by atoms with Gasteiger partial charge in [-0.25, -0.2) is 14.2 Å². The predicted octanol–water partition coefficient (Wildman–Crippen LogP) is 5.98. The second kappa shape index (κ2) is 10.8. The van der Waals surface area contributed by atoms with Crippen LogP contribution in [0.25, 0.3) is 0 Å². The molecule has 0 saturated heterocycles. The van der Waals surface area contributed by atoms with Gasteiger partial charge in [-0.15, -0.1) is 13.2 Å². The maximum Gasteiger partial charge on any atom is 0.573 e. The third-order valence-corrected chi connectivity index (χ3v) is 4.50. The zero-order valence-electron chi connectivity index (χ0n) is 21.7. The molecule has 1 amide bonds. The first kappa shape index (κ1) is 23.8. The van der Waals surface area contributed by atoms with Crippen LogP contribution in [0.2, 0.25) is 0 Å². The Morgan fingerprint density at radius 2 is 1.68 bits per heavy atom. The molecule has 0 aliphatic rings. The molecule has 1 N–H and O–H groups in total. The van der Waals surface area contributed by atoms with Crippen molar-refractivity contribution < 1.29 is 63.4 Å². The number of aromatic nitrogens is 1. The Balaban J connectivity index is 2.10. The van der Waals surface area contributed by atoms with Crippen LogP contribution in [0.3, 0.4) is 0 Å². The molecule has 0 spiro atoms. The number of amides is 1. The van der Waals surface area contributed by atoms with Crippen LogP contribution >= 0.6 is 0 Å². The Bertz CT molecular complexity index is 1460. The number of methoxy groups -OCH3 is 2. The summed E-state index contributed by atoms with van der Waals surface area (Å²) >= 11 is 0. The van der Waals surface area contributed by atoms with E-state index in [-0.39, 0.29) is 11.8 Å². The Morgan fingerprint density at radius 3 is 2.32 bits per heavy atom. The molecule has 8 nitrogen and oxygen atoms in total. The fraction of sp³-hybridized carbons (Fsp3) is 0.174. The average molecular weight is 551 g/mol. The summed E-state index contributed by atoms with van der Waals surface area (Å²) in [6.45, 7) is 0. The topological polar surface area (TPSA) is 96.0 Å². The van der Waals surface area contributed by atoms with Crippen molar-refractivity contribution in [3.05, 3.63) is 71.2 Å². The lowest BCUT2D eigenvalue weighted by atomic mass is 10.1. The number of esters is 1. The second-order valence-electron chi connectivity index (χ2n) is 7.01. The van der Waals surface area contributed by atoms with E-state index in [4.69, 9.17) is 8.85 Å². The number of ether oxygens (including phenoxy) is 4. The van der Waals surface area contributed by atoms with Crippen molar-refractivity contribution in [1.82, 2.24) is 4.98 Å². The Kier molecular flexibility index (Phi) is 6.78. The molecule has 1 aromatic heterocycles. The highest BCUT2D eigenvalue weighted by Gasteiger charge is 2.38. The van der Waals surface area contributed by atoms with Gasteiger partial charge in [0.2, 0.25) is 0 Å². The fourth-order valence-corrected chi connectivity index (χ4v) is 2.94. The van der Waals surface area contributed by atoms with Gasteiger partial charge in [0.15, 0.2) is 23.0 Å². The molecule has 0 fully saturated rings. The molecule has 0 atom stereocenters. The van der Waals surface area contributed by atoms with E-state index in [0.29, 0.717) is 24.3 Å². The first-order valence-electron chi connectivity index (χ1n) is 11.4. The van der Waals surface area contributed by atoms with Crippen LogP contribution in [0.4, 0.5) is 36.6 Å². The summed E-state index contributed by atoms with van der Waals surface area (Å²) in [5, 5.41) is 2.00. The third-order valence-electron chi connectivity index (χ3n) is 4.50. The standard InChI is InChI=1S/C23H15F7N2O6/c1-35-16-10-11(38-23(28,29)30)6-8-14(16)37-15-9-7-12(22(25,26)27)19(24)18(15)20(33)32-17-5-3-4-13(31-17)21(34)36-2/h3-10H,1-2H3,(H,31,32,33)/i1D3. The number of hydrogen-bond donors (Lipinski definition) is 1. The summed E-state index contributed by atoms with van der Waals surface area (Å²) in [4.78, 5) is 28.4. The lowest BCUT2D eigenvalue weighted by molar-refractivity contribution is -0.274. The summed E-state index contributed by atoms with van der Waals surface area (Å²) < 4.78 is 133. The van der Waals surface area contributed by atoms with Gasteiger partial charge >= 0.3 is 18.5 Å². The van der Waals surface area contributed by atoms with E-state index in [1.807, 2.05) is 5.32 Å². The minimum absolute atomic E-state index is 0.211. The van der Waals surface area contributed by atoms with Crippen LogP contribution in [0, 0.1) is 5.82 Å². The number of nitrogens with one attached hydrogen (secondary N) is 1. The highest BCUT2D eigenvalue weighted by atomic mass is 19.4. The summed E-state index contributed by atoms with van der Waals surface area (Å²) in [6.07, 6.45) is -10.5. The normalized spacial score (nSPS) is 13.0. The highest BCUT2D eigenvalue weighted by Crippen LogP contribution is 2.40. The molecule has 3 aromatic rings. The summed E-state index contributed by atoms with van der Waals surface area (Å²) in [5.41, 5.74) is -3.57. The SMILES string of the molecule is [2H]C([2H])([2H])Oc1cc(OC(F)(F)F)ccc1Oc1ccc(C(F)(F)F)c(F)c1C(=O)Nc1cccc(C(=O)OC)n1. The molecular formula is C23H15F7N2O6. The molecule has 0 saturated carbocycles. The molecule has 0 radical (unpaired) electrons. The van der Waals surface area contributed by atoms with Gasteiger partial charge in [0.1, 0.15) is 22.9 Å². The Hall–Kier alpha value is -4.56. The van der Waals surface area contributed by atoms with Gasteiger partial charge < -0.3 is 24.3 Å². The van der Waals surface area contributed by atoms with E-state index >= 15 is 4.39 Å². The number of benzene rings is 2. The van der Waals surface area contributed by atoms with Gasteiger partial charge in [0.05, 0.1) is 23.8 Å². The Labute approximate surface area is 213 Å². The van der Waals surface area contributed by atoms with Crippen molar-refractivity contribution in [2.45, 2.75) is 12.5 Å². The molecule has 0 aliphatic carbocycles. The van der Waals surface area contributed by atoms with Crippen molar-refractivity contribution in [2.75, 3.05) is 19.5 Å². The largest absolute Gasteiger partial charge is 0.573 e. The minimum Gasteiger partial charge on any atom is -0.493 e. The lowest BCUT2D eigenvalue weighted by Crippen LogP contribution is -2.20. The minimum atomic E-state index is -5.28. The van der Waals surface area contributed by atoms with Crippen LogP contribution in [0.15, 0.2) is 48.5 Å². The molecule has 202 valence electrons. The van der Waals surface area contributed by atoms with Gasteiger partial charge in [-0.1, -0.05) is 6.07 Å². The van der Waals surface area contributed by atoms with Crippen molar-refractivity contribution in [3.63, 3.8) is 0 Å². The first-order chi connectivity index (χ1) is 18.9. The molecule has 0 bridgehead atoms. The third kappa shape index (κ3) is 6.60. The van der Waals surface area contributed by atoms with Crippen molar-refractivity contribution in [3.8, 4) is 23.0 Å². The number of carbonyl (C=O) groups excluding carboxylic acids is 2. The first-order valence-corrected chi connectivity index (χ1v) is 9.91. The van der Waals surface area contributed by atoms with Crippen molar-refractivity contribution in [1.29, 1.82) is 0 Å². The monoisotopic (exact) mass is 551 g/mol. The molecule has 3 rings (SSSR count). The zero-order chi connectivity index (χ0) is 30.8. The lowest BCUT2D eigenvalue weighted by Gasteiger charge is -2.17. The summed E-state index contributed by atoms with van der Waals surface area (Å²) in [7, 11) is -2.24. The van der Waals surface area contributed by atoms with E-state index < -0.39 is 77.2 Å². The number of rotatable bonds is 7. The van der Waals surface area contributed by atoms with Crippen molar-refractivity contribution in [2.24, 2.45) is 0 Å². The Morgan fingerprint density at radius 1 is 0.974 bits per heavy atom. The van der Waals surface area contributed by atoms with Crippen LogP contribution < -0.4 is 19.5 Å². The molecule has 0 unspecified atom stereocenters. The van der Waals surface area contributed by atoms with Crippen LogP contribution in [0.5, 0.6) is 23.0 Å². The van der Waals surface area contributed by atoms with Gasteiger partial charge in [0, 0.05) is 6.07 Å². The van der Waals surface area contributed by atoms with Crippen LogP contribution in [0.1, 0.15) is 30.5 Å². The quantitative estimate of drug-likeness (QED) is 0.285. The number of halogens is 7. The van der Waals surface area contributed by atoms with Crippen molar-refractivity contribution >= 4 is 17.7 Å². The molecule has 0 aliphatic heterocycles. The predicted molar refractivity (Wildman–Crippen MR) is 115 cm³/mol. The maximum atomic E-state index is 15.1. The molecular weight excluding hydrogens is 533 g/mol. The van der Waals surface area contributed by atoms with E-state index in [9.17, 15) is 35.9 Å². The fourth-order valence-electron chi connectivity index (χ4n) is 2.94. The number of anilines is 1. The van der Waals surface area contributed by atoms with E-state index in [1.165, 1.54) is 12.1 Å². The van der Waals surface area contributed by atoms with E-state index in [2.05, 4.69) is 19.2 Å². The summed E-state index contributed by atoms with van der Waals surface area (Å²) in [6, 6.07) is 5.99. The second-order valence-corrected chi connectivity index (χ2v) is 7.01. The van der Waals surface area contributed by atoms with Gasteiger partial charge in [0.25, 0.3) is 5.91 Å². The van der Waals surface area contributed by atoms with Crippen LogP contribution in [-0.2, 0) is 10.9 Å². The number of hydrogen-bond acceptors (Lipinski definition) is 7. The summed E-state index contributed by atoms with van der Waals surface area (Å²) in [5.74, 6) is -8.59. The van der Waals surface area contributed by atoms with E-state index in [1.54, 1.807) is 0 Å². The van der Waals surface area contributed by atoms with E-state index in [0.717, 1.165) is 13.2 Å². The number of nitrogens with zero attached hydrogens (tertiary/aromatic N) is 1. The van der Waals surface area contributed by atoms with Gasteiger partial charge in [-0.2, -0.15) is 13.2 Å². The highest BCUT2D eigenvalue weighted by molar-refractivity contribution is 6.06. The smallest absolute Gasteiger partial charge is 0.493 e. The number of pyridine rings is 1.